The molecule has 1 aromatic heterocycles. The van der Waals surface area contributed by atoms with Gasteiger partial charge >= 0.3 is 0 Å². The van der Waals surface area contributed by atoms with Crippen LogP contribution in [0, 0.1) is 18.3 Å². The van der Waals surface area contributed by atoms with Crippen LogP contribution in [0.15, 0.2) is 12.3 Å². The Morgan fingerprint density at radius 2 is 2.00 bits per heavy atom. The van der Waals surface area contributed by atoms with Crippen LogP contribution in [-0.2, 0) is 11.0 Å². The minimum atomic E-state index is -1.78. The van der Waals surface area contributed by atoms with Gasteiger partial charge in [0.2, 0.25) is 0 Å². The predicted molar refractivity (Wildman–Crippen MR) is 75.7 cm³/mol. The molecule has 0 aromatic carbocycles. The molecule has 0 aliphatic rings. The molecule has 0 bridgehead atoms. The first-order valence-electron chi connectivity index (χ1n) is 6.17. The van der Waals surface area contributed by atoms with E-state index in [0.29, 0.717) is 12.3 Å². The lowest BCUT2D eigenvalue weighted by molar-refractivity contribution is 0.275. The van der Waals surface area contributed by atoms with Gasteiger partial charge in [0.25, 0.3) is 0 Å². The van der Waals surface area contributed by atoms with Crippen LogP contribution in [0.2, 0.25) is 18.1 Å². The zero-order chi connectivity index (χ0) is 14.0. The maximum atomic E-state index is 9.08. The number of hydrogen-bond acceptors (Lipinski definition) is 3. The van der Waals surface area contributed by atoms with Crippen molar-refractivity contribution < 1.29 is 4.43 Å². The number of hydrogen-bond donors (Lipinski definition) is 0. The molecule has 0 fully saturated rings. The van der Waals surface area contributed by atoms with Crippen LogP contribution in [-0.4, -0.2) is 13.3 Å². The molecule has 18 heavy (non-hydrogen) atoms. The molecule has 0 unspecified atom stereocenters. The quantitative estimate of drug-likeness (QED) is 0.779. The number of rotatable bonds is 3. The summed E-state index contributed by atoms with van der Waals surface area (Å²) in [5, 5.41) is 9.25. The Hall–Kier alpha value is -1.18. The van der Waals surface area contributed by atoms with E-state index >= 15 is 0 Å². The summed E-state index contributed by atoms with van der Waals surface area (Å²) in [6.45, 7) is 13.5. The van der Waals surface area contributed by atoms with E-state index in [1.807, 2.05) is 13.0 Å². The summed E-state index contributed by atoms with van der Waals surface area (Å²) in [7, 11) is -1.78. The lowest BCUT2D eigenvalue weighted by Gasteiger charge is -2.36. The Morgan fingerprint density at radius 3 is 2.50 bits per heavy atom. The Bertz CT molecular complexity index is 470. The maximum absolute atomic E-state index is 9.08. The van der Waals surface area contributed by atoms with E-state index in [1.165, 1.54) is 0 Å². The van der Waals surface area contributed by atoms with Crippen molar-refractivity contribution in [2.45, 2.75) is 52.4 Å². The van der Waals surface area contributed by atoms with Crippen molar-refractivity contribution >= 4 is 8.32 Å². The molecular weight excluding hydrogens is 240 g/mol. The van der Waals surface area contributed by atoms with E-state index < -0.39 is 8.32 Å². The van der Waals surface area contributed by atoms with E-state index in [-0.39, 0.29) is 5.04 Å². The second-order valence-electron chi connectivity index (χ2n) is 6.12. The van der Waals surface area contributed by atoms with E-state index in [9.17, 15) is 0 Å². The highest BCUT2D eigenvalue weighted by Gasteiger charge is 2.37. The molecule has 0 amide bonds. The Kier molecular flexibility index (Phi) is 4.31. The lowest BCUT2D eigenvalue weighted by atomic mass is 10.1. The molecule has 0 radical (unpaired) electrons. The van der Waals surface area contributed by atoms with Crippen LogP contribution in [0.3, 0.4) is 0 Å². The molecule has 3 nitrogen and oxygen atoms in total. The first-order chi connectivity index (χ1) is 8.19. The zero-order valence-electron chi connectivity index (χ0n) is 12.2. The average Bonchev–Trinajstić information content (AvgIpc) is 2.25. The fourth-order valence-corrected chi connectivity index (χ4v) is 2.27. The van der Waals surface area contributed by atoms with Gasteiger partial charge in [-0.2, -0.15) is 5.26 Å². The largest absolute Gasteiger partial charge is 0.412 e. The van der Waals surface area contributed by atoms with Crippen molar-refractivity contribution in [3.05, 3.63) is 29.1 Å². The number of aryl methyl sites for hydroxylation is 1. The Balaban J connectivity index is 2.92. The second-order valence-corrected chi connectivity index (χ2v) is 10.9. The van der Waals surface area contributed by atoms with E-state index in [0.717, 1.165) is 11.1 Å². The van der Waals surface area contributed by atoms with Gasteiger partial charge in [0.05, 0.1) is 6.61 Å². The van der Waals surface area contributed by atoms with Gasteiger partial charge in [0, 0.05) is 11.8 Å². The molecule has 1 rings (SSSR count). The van der Waals surface area contributed by atoms with Crippen LogP contribution in [0.1, 0.15) is 37.6 Å². The molecule has 0 aliphatic heterocycles. The Labute approximate surface area is 111 Å². The van der Waals surface area contributed by atoms with Crippen LogP contribution in [0.5, 0.6) is 0 Å². The van der Waals surface area contributed by atoms with Crippen molar-refractivity contribution in [2.75, 3.05) is 0 Å². The summed E-state index contributed by atoms with van der Waals surface area (Å²) in [6, 6.07) is 4.06. The first-order valence-corrected chi connectivity index (χ1v) is 9.08. The third-order valence-corrected chi connectivity index (χ3v) is 8.26. The molecule has 0 atom stereocenters. The molecule has 1 aromatic rings. The van der Waals surface area contributed by atoms with Gasteiger partial charge < -0.3 is 4.43 Å². The summed E-state index contributed by atoms with van der Waals surface area (Å²) < 4.78 is 6.15. The normalized spacial score (nSPS) is 12.3. The van der Waals surface area contributed by atoms with Gasteiger partial charge in [0.1, 0.15) is 11.8 Å². The van der Waals surface area contributed by atoms with Gasteiger partial charge in [-0.1, -0.05) is 20.8 Å². The molecule has 1 heterocycles. The van der Waals surface area contributed by atoms with Crippen molar-refractivity contribution in [3.63, 3.8) is 0 Å². The summed E-state index contributed by atoms with van der Waals surface area (Å²) in [5.41, 5.74) is 2.47. The van der Waals surface area contributed by atoms with Gasteiger partial charge in [-0.3, -0.25) is 0 Å². The second kappa shape index (κ2) is 5.21. The molecule has 0 saturated carbocycles. The predicted octanol–water partition coefficient (Wildman–Crippen LogP) is 3.78. The molecule has 0 N–H and O–H groups in total. The zero-order valence-corrected chi connectivity index (χ0v) is 13.2. The molecule has 0 spiro atoms. The lowest BCUT2D eigenvalue weighted by Crippen LogP contribution is -2.40. The summed E-state index contributed by atoms with van der Waals surface area (Å²) in [6.07, 6.45) is 1.67. The van der Waals surface area contributed by atoms with E-state index in [4.69, 9.17) is 9.69 Å². The fourth-order valence-electron chi connectivity index (χ4n) is 1.34. The van der Waals surface area contributed by atoms with Gasteiger partial charge in [-0.05, 0) is 36.7 Å². The van der Waals surface area contributed by atoms with Crippen molar-refractivity contribution in [3.8, 4) is 6.07 Å². The van der Waals surface area contributed by atoms with Crippen molar-refractivity contribution in [1.82, 2.24) is 4.98 Å². The summed E-state index contributed by atoms with van der Waals surface area (Å²) >= 11 is 0. The highest BCUT2D eigenvalue weighted by Crippen LogP contribution is 2.37. The van der Waals surface area contributed by atoms with E-state index in [2.05, 4.69) is 44.9 Å². The van der Waals surface area contributed by atoms with Gasteiger partial charge in [-0.25, -0.2) is 4.98 Å². The molecule has 98 valence electrons. The number of aromatic nitrogens is 1. The van der Waals surface area contributed by atoms with Crippen LogP contribution in [0.4, 0.5) is 0 Å². The number of nitrogens with zero attached hydrogens (tertiary/aromatic N) is 2. The minimum Gasteiger partial charge on any atom is -0.412 e. The van der Waals surface area contributed by atoms with Gasteiger partial charge in [-0.15, -0.1) is 0 Å². The van der Waals surface area contributed by atoms with E-state index in [1.54, 1.807) is 6.20 Å². The maximum Gasteiger partial charge on any atom is 0.192 e. The summed E-state index contributed by atoms with van der Waals surface area (Å²) in [5.74, 6) is 0. The van der Waals surface area contributed by atoms with Gasteiger partial charge in [0.15, 0.2) is 8.32 Å². The SMILES string of the molecule is Cc1ccnc(C#N)c1CO[Si](C)(C)C(C)(C)C. The topological polar surface area (TPSA) is 45.9 Å². The molecule has 0 aliphatic carbocycles. The monoisotopic (exact) mass is 262 g/mol. The summed E-state index contributed by atoms with van der Waals surface area (Å²) in [4.78, 5) is 4.10. The molecule has 4 heteroatoms. The smallest absolute Gasteiger partial charge is 0.192 e. The van der Waals surface area contributed by atoms with Crippen LogP contribution in [0.25, 0.3) is 0 Å². The third kappa shape index (κ3) is 3.18. The minimum absolute atomic E-state index is 0.177. The standard InChI is InChI=1S/C14H22N2OSi/c1-11-7-8-16-13(9-15)12(11)10-17-18(5,6)14(2,3)4/h7-8H,10H2,1-6H3. The van der Waals surface area contributed by atoms with Crippen LogP contribution >= 0.6 is 0 Å². The Morgan fingerprint density at radius 1 is 1.39 bits per heavy atom. The van der Waals surface area contributed by atoms with Crippen molar-refractivity contribution in [1.29, 1.82) is 5.26 Å². The third-order valence-electron chi connectivity index (χ3n) is 3.78. The highest BCUT2D eigenvalue weighted by molar-refractivity contribution is 6.74. The first kappa shape index (κ1) is 14.9. The van der Waals surface area contributed by atoms with Crippen molar-refractivity contribution in [2.24, 2.45) is 0 Å². The highest BCUT2D eigenvalue weighted by atomic mass is 28.4. The fraction of sp³-hybridized carbons (Fsp3) is 0.571. The number of nitriles is 1. The van der Waals surface area contributed by atoms with Crippen LogP contribution < -0.4 is 0 Å². The average molecular weight is 262 g/mol. The number of pyridine rings is 1. The molecule has 0 saturated heterocycles. The molecular formula is C14H22N2OSi.